The first-order valence-electron chi connectivity index (χ1n) is 6.77. The number of aryl methyl sites for hydroxylation is 2. The number of rotatable bonds is 6. The van der Waals surface area contributed by atoms with Crippen molar-refractivity contribution in [2.24, 2.45) is 0 Å². The molecular formula is C15H17BrN2O2S. The molecule has 0 unspecified atom stereocenters. The molecule has 0 aliphatic carbocycles. The van der Waals surface area contributed by atoms with Crippen molar-refractivity contribution < 1.29 is 9.90 Å². The highest BCUT2D eigenvalue weighted by atomic mass is 79.9. The molecule has 0 radical (unpaired) electrons. The van der Waals surface area contributed by atoms with E-state index >= 15 is 0 Å². The summed E-state index contributed by atoms with van der Waals surface area (Å²) in [5.41, 5.74) is 2.52. The molecule has 1 heterocycles. The molecule has 0 spiro atoms. The maximum atomic E-state index is 11.0. The molecule has 2 aromatic rings. The number of aromatic carboxylic acids is 1. The first-order valence-corrected chi connectivity index (χ1v) is 8.54. The zero-order valence-electron chi connectivity index (χ0n) is 12.0. The van der Waals surface area contributed by atoms with Gasteiger partial charge in [0, 0.05) is 17.2 Å². The number of nitrogens with zero attached hydrogens (tertiary/aromatic N) is 2. The van der Waals surface area contributed by atoms with E-state index in [1.54, 1.807) is 30.0 Å². The molecule has 0 saturated heterocycles. The fraction of sp³-hybridized carbons (Fsp3) is 0.333. The Balaban J connectivity index is 2.18. The van der Waals surface area contributed by atoms with Crippen LogP contribution >= 0.6 is 27.7 Å². The van der Waals surface area contributed by atoms with Gasteiger partial charge >= 0.3 is 5.97 Å². The van der Waals surface area contributed by atoms with Crippen molar-refractivity contribution in [1.82, 2.24) is 9.78 Å². The molecule has 21 heavy (non-hydrogen) atoms. The molecule has 0 amide bonds. The lowest BCUT2D eigenvalue weighted by Gasteiger charge is -2.06. The van der Waals surface area contributed by atoms with E-state index in [2.05, 4.69) is 34.9 Å². The zero-order valence-corrected chi connectivity index (χ0v) is 14.4. The summed E-state index contributed by atoms with van der Waals surface area (Å²) >= 11 is 5.24. The summed E-state index contributed by atoms with van der Waals surface area (Å²) in [5.74, 6) is -0.143. The van der Waals surface area contributed by atoms with Crippen molar-refractivity contribution >= 4 is 33.7 Å². The summed E-state index contributed by atoms with van der Waals surface area (Å²) in [4.78, 5) is 11.9. The normalized spacial score (nSPS) is 10.8. The van der Waals surface area contributed by atoms with Crippen LogP contribution in [0.3, 0.4) is 0 Å². The topological polar surface area (TPSA) is 55.1 Å². The van der Waals surface area contributed by atoms with Gasteiger partial charge in [0.05, 0.1) is 21.4 Å². The minimum atomic E-state index is -0.898. The third-order valence-electron chi connectivity index (χ3n) is 3.15. The number of thioether (sulfide) groups is 1. The van der Waals surface area contributed by atoms with Gasteiger partial charge in [0.2, 0.25) is 0 Å². The number of hydrogen-bond donors (Lipinski definition) is 1. The van der Waals surface area contributed by atoms with Gasteiger partial charge in [-0.25, -0.2) is 4.79 Å². The number of benzene rings is 1. The van der Waals surface area contributed by atoms with Gasteiger partial charge < -0.3 is 5.11 Å². The van der Waals surface area contributed by atoms with E-state index in [-0.39, 0.29) is 0 Å². The summed E-state index contributed by atoms with van der Waals surface area (Å²) < 4.78 is 3.06. The van der Waals surface area contributed by atoms with E-state index in [1.165, 1.54) is 0 Å². The van der Waals surface area contributed by atoms with Crippen LogP contribution in [-0.2, 0) is 18.7 Å². The number of aromatic nitrogens is 2. The van der Waals surface area contributed by atoms with Crippen molar-refractivity contribution in [3.05, 3.63) is 45.7 Å². The number of carboxylic acid groups (broad SMARTS) is 1. The second-order valence-corrected chi connectivity index (χ2v) is 6.34. The van der Waals surface area contributed by atoms with Gasteiger partial charge in [-0.15, -0.1) is 11.8 Å². The molecule has 0 saturated carbocycles. The first-order chi connectivity index (χ1) is 10.1. The van der Waals surface area contributed by atoms with Gasteiger partial charge in [-0.05, 0) is 47.5 Å². The van der Waals surface area contributed by atoms with Crippen molar-refractivity contribution in [3.8, 4) is 0 Å². The van der Waals surface area contributed by atoms with Gasteiger partial charge in [0.15, 0.2) is 0 Å². The van der Waals surface area contributed by atoms with Crippen molar-refractivity contribution in [2.75, 3.05) is 0 Å². The maximum Gasteiger partial charge on any atom is 0.335 e. The van der Waals surface area contributed by atoms with Crippen LogP contribution in [0.2, 0.25) is 0 Å². The molecule has 4 nitrogen and oxygen atoms in total. The Morgan fingerprint density at radius 3 is 2.81 bits per heavy atom. The molecule has 2 rings (SSSR count). The Labute approximate surface area is 136 Å². The van der Waals surface area contributed by atoms with Crippen LogP contribution in [0.4, 0.5) is 0 Å². The quantitative estimate of drug-likeness (QED) is 0.775. The Bertz CT molecular complexity index is 655. The molecule has 1 aromatic carbocycles. The largest absolute Gasteiger partial charge is 0.478 e. The molecule has 0 aliphatic rings. The SMILES string of the molecule is CCc1nn(CC)c(CSc2cccc(C(=O)O)c2)c1Br. The second-order valence-electron chi connectivity index (χ2n) is 4.50. The van der Waals surface area contributed by atoms with E-state index in [0.717, 1.165) is 39.5 Å². The molecule has 0 fully saturated rings. The maximum absolute atomic E-state index is 11.0. The molecule has 1 N–H and O–H groups in total. The third-order valence-corrected chi connectivity index (χ3v) is 5.07. The average molecular weight is 369 g/mol. The third kappa shape index (κ3) is 3.68. The van der Waals surface area contributed by atoms with Gasteiger partial charge in [0.25, 0.3) is 0 Å². The van der Waals surface area contributed by atoms with Crippen LogP contribution in [0, 0.1) is 0 Å². The predicted molar refractivity (Wildman–Crippen MR) is 87.9 cm³/mol. The Kier molecular flexibility index (Phi) is 5.47. The summed E-state index contributed by atoms with van der Waals surface area (Å²) in [6.07, 6.45) is 0.889. The van der Waals surface area contributed by atoms with E-state index in [4.69, 9.17) is 5.11 Å². The molecule has 0 bridgehead atoms. The summed E-state index contributed by atoms with van der Waals surface area (Å²) in [6, 6.07) is 7.01. The smallest absolute Gasteiger partial charge is 0.335 e. The van der Waals surface area contributed by atoms with Gasteiger partial charge in [-0.2, -0.15) is 5.10 Å². The summed E-state index contributed by atoms with van der Waals surface area (Å²) in [5, 5.41) is 13.6. The van der Waals surface area contributed by atoms with Gasteiger partial charge in [0.1, 0.15) is 0 Å². The molecular weight excluding hydrogens is 352 g/mol. The highest BCUT2D eigenvalue weighted by Crippen LogP contribution is 2.29. The number of halogens is 1. The number of carboxylic acids is 1. The lowest BCUT2D eigenvalue weighted by molar-refractivity contribution is 0.0696. The van der Waals surface area contributed by atoms with Crippen LogP contribution in [0.5, 0.6) is 0 Å². The van der Waals surface area contributed by atoms with Crippen LogP contribution < -0.4 is 0 Å². The minimum Gasteiger partial charge on any atom is -0.478 e. The van der Waals surface area contributed by atoms with E-state index < -0.39 is 5.97 Å². The standard InChI is InChI=1S/C15H17BrN2O2S/c1-3-12-14(16)13(18(4-2)17-12)9-21-11-7-5-6-10(8-11)15(19)20/h5-8H,3-4,9H2,1-2H3,(H,19,20). The fourth-order valence-corrected chi connectivity index (χ4v) is 3.90. The summed E-state index contributed by atoms with van der Waals surface area (Å²) in [6.45, 7) is 4.97. The van der Waals surface area contributed by atoms with Crippen molar-refractivity contribution in [3.63, 3.8) is 0 Å². The zero-order chi connectivity index (χ0) is 15.4. The van der Waals surface area contributed by atoms with Crippen molar-refractivity contribution in [2.45, 2.75) is 37.5 Å². The average Bonchev–Trinajstić information content (AvgIpc) is 2.81. The lowest BCUT2D eigenvalue weighted by atomic mass is 10.2. The van der Waals surface area contributed by atoms with Crippen LogP contribution in [-0.4, -0.2) is 20.9 Å². The number of carbonyl (C=O) groups is 1. The van der Waals surface area contributed by atoms with Crippen LogP contribution in [0.1, 0.15) is 35.6 Å². The molecule has 0 aliphatic heterocycles. The van der Waals surface area contributed by atoms with E-state index in [1.807, 2.05) is 10.7 Å². The second kappa shape index (κ2) is 7.13. The van der Waals surface area contributed by atoms with Crippen LogP contribution in [0.15, 0.2) is 33.6 Å². The minimum absolute atomic E-state index is 0.317. The first kappa shape index (κ1) is 16.1. The van der Waals surface area contributed by atoms with Gasteiger partial charge in [-0.1, -0.05) is 13.0 Å². The molecule has 112 valence electrons. The van der Waals surface area contributed by atoms with Gasteiger partial charge in [-0.3, -0.25) is 4.68 Å². The van der Waals surface area contributed by atoms with E-state index in [0.29, 0.717) is 5.56 Å². The lowest BCUT2D eigenvalue weighted by Crippen LogP contribution is -2.02. The summed E-state index contributed by atoms with van der Waals surface area (Å²) in [7, 11) is 0. The fourth-order valence-electron chi connectivity index (χ4n) is 2.03. The molecule has 1 aromatic heterocycles. The molecule has 0 atom stereocenters. The highest BCUT2D eigenvalue weighted by molar-refractivity contribution is 9.10. The highest BCUT2D eigenvalue weighted by Gasteiger charge is 2.14. The monoisotopic (exact) mass is 368 g/mol. The van der Waals surface area contributed by atoms with Crippen LogP contribution in [0.25, 0.3) is 0 Å². The van der Waals surface area contributed by atoms with Crippen molar-refractivity contribution in [1.29, 1.82) is 0 Å². The Hall–Kier alpha value is -1.27. The number of hydrogen-bond acceptors (Lipinski definition) is 3. The Morgan fingerprint density at radius 1 is 1.43 bits per heavy atom. The van der Waals surface area contributed by atoms with E-state index in [9.17, 15) is 4.79 Å². The Morgan fingerprint density at radius 2 is 2.19 bits per heavy atom. The predicted octanol–water partition coefficient (Wildman–Crippen LogP) is 4.22. The molecule has 6 heteroatoms.